The van der Waals surface area contributed by atoms with E-state index < -0.39 is 0 Å². The Morgan fingerprint density at radius 3 is 3.09 bits per heavy atom. The molecule has 2 heteroatoms. The lowest BCUT2D eigenvalue weighted by molar-refractivity contribution is 0.474. The summed E-state index contributed by atoms with van der Waals surface area (Å²) in [4.78, 5) is 0. The summed E-state index contributed by atoms with van der Waals surface area (Å²) in [5, 5.41) is 9.16. The van der Waals surface area contributed by atoms with Crippen LogP contribution in [0.4, 0.5) is 0 Å². The van der Waals surface area contributed by atoms with Crippen LogP contribution >= 0.6 is 0 Å². The normalized spacial score (nSPS) is 21.7. The van der Waals surface area contributed by atoms with Gasteiger partial charge in [0.15, 0.2) is 0 Å². The highest BCUT2D eigenvalue weighted by molar-refractivity contribution is 5.39. The van der Waals surface area contributed by atoms with Crippen molar-refractivity contribution < 1.29 is 5.11 Å². The van der Waals surface area contributed by atoms with Crippen LogP contribution in [0.25, 0.3) is 0 Å². The van der Waals surface area contributed by atoms with Gasteiger partial charge in [-0.25, -0.2) is 0 Å². The molecule has 1 aliphatic rings. The minimum atomic E-state index is 0.136. The van der Waals surface area contributed by atoms with E-state index in [9.17, 15) is 0 Å². The minimum absolute atomic E-state index is 0.136. The van der Waals surface area contributed by atoms with Crippen molar-refractivity contribution in [1.29, 1.82) is 0 Å². The molecule has 0 aliphatic heterocycles. The van der Waals surface area contributed by atoms with E-state index in [4.69, 9.17) is 10.8 Å². The van der Waals surface area contributed by atoms with E-state index in [-0.39, 0.29) is 6.04 Å². The second kappa shape index (κ2) is 2.24. The first-order valence-corrected chi connectivity index (χ1v) is 3.85. The van der Waals surface area contributed by atoms with Gasteiger partial charge in [-0.1, -0.05) is 6.07 Å². The van der Waals surface area contributed by atoms with Crippen molar-refractivity contribution >= 4 is 0 Å². The van der Waals surface area contributed by atoms with Gasteiger partial charge in [0, 0.05) is 6.04 Å². The van der Waals surface area contributed by atoms with E-state index in [0.29, 0.717) is 5.75 Å². The van der Waals surface area contributed by atoms with Crippen LogP contribution in [0.5, 0.6) is 5.75 Å². The van der Waals surface area contributed by atoms with Gasteiger partial charge in [-0.2, -0.15) is 0 Å². The Hall–Kier alpha value is -1.02. The summed E-state index contributed by atoms with van der Waals surface area (Å²) in [5.41, 5.74) is 8.21. The van der Waals surface area contributed by atoms with Crippen LogP contribution in [0.15, 0.2) is 18.2 Å². The van der Waals surface area contributed by atoms with Crippen molar-refractivity contribution in [2.75, 3.05) is 0 Å². The number of phenolic OH excluding ortho intramolecular Hbond substituents is 1. The lowest BCUT2D eigenvalue weighted by Gasteiger charge is -2.03. The Kier molecular flexibility index (Phi) is 1.36. The fourth-order valence-electron chi connectivity index (χ4n) is 1.62. The fraction of sp³-hybridized carbons (Fsp3) is 0.333. The number of phenols is 1. The molecule has 2 nitrogen and oxygen atoms in total. The molecular formula is C9H11NO. The lowest BCUT2D eigenvalue weighted by Crippen LogP contribution is -2.04. The van der Waals surface area contributed by atoms with E-state index in [1.807, 2.05) is 6.07 Å². The molecule has 2 rings (SSSR count). The standard InChI is InChI=1S/C9H11NO/c10-9-4-2-6-1-3-7(11)5-8(6)9/h1,3,5,9,11H,2,4,10H2. The summed E-state index contributed by atoms with van der Waals surface area (Å²) in [6.07, 6.45) is 2.07. The van der Waals surface area contributed by atoms with E-state index in [1.165, 1.54) is 5.56 Å². The van der Waals surface area contributed by atoms with Crippen LogP contribution in [-0.2, 0) is 6.42 Å². The predicted molar refractivity (Wildman–Crippen MR) is 43.4 cm³/mol. The molecule has 1 atom stereocenters. The molecule has 0 amide bonds. The van der Waals surface area contributed by atoms with Gasteiger partial charge in [0.25, 0.3) is 0 Å². The quantitative estimate of drug-likeness (QED) is 0.584. The molecule has 0 heterocycles. The predicted octanol–water partition coefficient (Wildman–Crippen LogP) is 1.34. The zero-order chi connectivity index (χ0) is 7.84. The van der Waals surface area contributed by atoms with Crippen molar-refractivity contribution in [2.45, 2.75) is 18.9 Å². The summed E-state index contributed by atoms with van der Waals surface area (Å²) in [6, 6.07) is 5.58. The smallest absolute Gasteiger partial charge is 0.115 e. The molecule has 1 aromatic rings. The monoisotopic (exact) mass is 149 g/mol. The Morgan fingerprint density at radius 2 is 2.27 bits per heavy atom. The summed E-state index contributed by atoms with van der Waals surface area (Å²) in [7, 11) is 0. The summed E-state index contributed by atoms with van der Waals surface area (Å²) in [5.74, 6) is 0.320. The Bertz CT molecular complexity index is 283. The number of aromatic hydroxyl groups is 1. The first kappa shape index (κ1) is 6.68. The first-order chi connectivity index (χ1) is 5.27. The summed E-state index contributed by atoms with van der Waals surface area (Å²) < 4.78 is 0. The second-order valence-corrected chi connectivity index (χ2v) is 3.03. The number of fused-ring (bicyclic) bond motifs is 1. The van der Waals surface area contributed by atoms with Crippen LogP contribution < -0.4 is 5.73 Å². The summed E-state index contributed by atoms with van der Waals surface area (Å²) >= 11 is 0. The molecule has 0 saturated heterocycles. The van der Waals surface area contributed by atoms with E-state index >= 15 is 0 Å². The maximum Gasteiger partial charge on any atom is 0.115 e. The minimum Gasteiger partial charge on any atom is -0.508 e. The topological polar surface area (TPSA) is 46.2 Å². The number of hydrogen-bond donors (Lipinski definition) is 2. The van der Waals surface area contributed by atoms with E-state index in [1.54, 1.807) is 12.1 Å². The van der Waals surface area contributed by atoms with Crippen LogP contribution in [0.3, 0.4) is 0 Å². The highest BCUT2D eigenvalue weighted by Crippen LogP contribution is 2.31. The van der Waals surface area contributed by atoms with Crippen molar-refractivity contribution in [3.63, 3.8) is 0 Å². The molecule has 0 spiro atoms. The number of nitrogens with two attached hydrogens (primary N) is 1. The second-order valence-electron chi connectivity index (χ2n) is 3.03. The summed E-state index contributed by atoms with van der Waals surface area (Å²) in [6.45, 7) is 0. The molecule has 0 aromatic heterocycles. The van der Waals surface area contributed by atoms with E-state index in [0.717, 1.165) is 18.4 Å². The highest BCUT2D eigenvalue weighted by atomic mass is 16.3. The van der Waals surface area contributed by atoms with Crippen LogP contribution in [-0.4, -0.2) is 5.11 Å². The highest BCUT2D eigenvalue weighted by Gasteiger charge is 2.18. The Labute approximate surface area is 65.7 Å². The third kappa shape index (κ3) is 0.994. The number of aryl methyl sites for hydroxylation is 1. The van der Waals surface area contributed by atoms with Gasteiger partial charge in [-0.3, -0.25) is 0 Å². The average molecular weight is 149 g/mol. The Morgan fingerprint density at radius 1 is 1.45 bits per heavy atom. The maximum absolute atomic E-state index is 9.16. The molecule has 0 bridgehead atoms. The van der Waals surface area contributed by atoms with Gasteiger partial charge >= 0.3 is 0 Å². The first-order valence-electron chi connectivity index (χ1n) is 3.85. The Balaban J connectivity index is 2.52. The molecule has 0 saturated carbocycles. The van der Waals surface area contributed by atoms with Gasteiger partial charge in [0.05, 0.1) is 0 Å². The van der Waals surface area contributed by atoms with Gasteiger partial charge in [0.2, 0.25) is 0 Å². The van der Waals surface area contributed by atoms with Crippen molar-refractivity contribution in [1.82, 2.24) is 0 Å². The fourth-order valence-corrected chi connectivity index (χ4v) is 1.62. The molecule has 11 heavy (non-hydrogen) atoms. The molecule has 1 aromatic carbocycles. The third-order valence-corrected chi connectivity index (χ3v) is 2.25. The zero-order valence-electron chi connectivity index (χ0n) is 6.25. The van der Waals surface area contributed by atoms with Crippen LogP contribution in [0, 0.1) is 0 Å². The van der Waals surface area contributed by atoms with Crippen molar-refractivity contribution in [3.05, 3.63) is 29.3 Å². The molecule has 3 N–H and O–H groups in total. The SMILES string of the molecule is NC1CCc2ccc(O)cc21. The molecule has 58 valence electrons. The lowest BCUT2D eigenvalue weighted by atomic mass is 10.1. The molecule has 0 fully saturated rings. The molecule has 0 radical (unpaired) electrons. The van der Waals surface area contributed by atoms with E-state index in [2.05, 4.69) is 0 Å². The number of rotatable bonds is 0. The zero-order valence-corrected chi connectivity index (χ0v) is 6.25. The number of benzene rings is 1. The van der Waals surface area contributed by atoms with Crippen LogP contribution in [0.2, 0.25) is 0 Å². The van der Waals surface area contributed by atoms with Gasteiger partial charge in [-0.15, -0.1) is 0 Å². The maximum atomic E-state index is 9.16. The molecule has 1 aliphatic carbocycles. The largest absolute Gasteiger partial charge is 0.508 e. The number of hydrogen-bond acceptors (Lipinski definition) is 2. The molecule has 1 unspecified atom stereocenters. The van der Waals surface area contributed by atoms with Crippen LogP contribution in [0.1, 0.15) is 23.6 Å². The average Bonchev–Trinajstić information content (AvgIpc) is 2.33. The molecular weight excluding hydrogens is 138 g/mol. The van der Waals surface area contributed by atoms with Gasteiger partial charge in [0.1, 0.15) is 5.75 Å². The van der Waals surface area contributed by atoms with Crippen molar-refractivity contribution in [3.8, 4) is 5.75 Å². The van der Waals surface area contributed by atoms with Gasteiger partial charge in [-0.05, 0) is 36.1 Å². The third-order valence-electron chi connectivity index (χ3n) is 2.25. The van der Waals surface area contributed by atoms with Gasteiger partial charge < -0.3 is 10.8 Å². The van der Waals surface area contributed by atoms with Crippen molar-refractivity contribution in [2.24, 2.45) is 5.73 Å².